The fraction of sp³-hybridized carbons (Fsp3) is 0.538. The molecule has 1 aromatic carbocycles. The molecule has 1 aromatic rings. The van der Waals surface area contributed by atoms with Gasteiger partial charge in [0.1, 0.15) is 0 Å². The average molecular weight is 207 g/mol. The molecular weight excluding hydrogens is 186 g/mol. The van der Waals surface area contributed by atoms with Gasteiger partial charge in [0, 0.05) is 24.3 Å². The molecule has 0 fully saturated rings. The van der Waals surface area contributed by atoms with Crippen molar-refractivity contribution >= 4 is 5.69 Å². The van der Waals surface area contributed by atoms with Gasteiger partial charge in [0.25, 0.3) is 0 Å². The molecule has 0 heterocycles. The number of rotatable bonds is 4. The lowest BCUT2D eigenvalue weighted by atomic mass is 10.0. The maximum Gasteiger partial charge on any atom is 0.0807 e. The van der Waals surface area contributed by atoms with Crippen LogP contribution in [0.5, 0.6) is 0 Å². The van der Waals surface area contributed by atoms with Crippen LogP contribution in [-0.4, -0.2) is 18.2 Å². The molecule has 0 spiro atoms. The highest BCUT2D eigenvalue weighted by molar-refractivity contribution is 5.54. The van der Waals surface area contributed by atoms with E-state index in [9.17, 15) is 5.11 Å². The van der Waals surface area contributed by atoms with E-state index in [0.29, 0.717) is 6.04 Å². The third-order valence-electron chi connectivity index (χ3n) is 2.84. The molecule has 84 valence electrons. The van der Waals surface area contributed by atoms with Gasteiger partial charge in [0.15, 0.2) is 0 Å². The Kier molecular flexibility index (Phi) is 4.15. The molecular formula is C13H21NO. The average Bonchev–Trinajstić information content (AvgIpc) is 2.27. The van der Waals surface area contributed by atoms with Gasteiger partial charge in [-0.1, -0.05) is 25.1 Å². The predicted octanol–water partition coefficient (Wildman–Crippen LogP) is 2.97. The van der Waals surface area contributed by atoms with E-state index in [1.807, 2.05) is 25.1 Å². The second-order valence-corrected chi connectivity index (χ2v) is 4.19. The lowest BCUT2D eigenvalue weighted by Crippen LogP contribution is -2.27. The quantitative estimate of drug-likeness (QED) is 0.820. The Bertz CT molecular complexity index is 309. The van der Waals surface area contributed by atoms with Gasteiger partial charge in [-0.05, 0) is 26.3 Å². The van der Waals surface area contributed by atoms with Crippen LogP contribution in [-0.2, 0) is 0 Å². The number of aliphatic hydroxyl groups is 1. The predicted molar refractivity (Wildman–Crippen MR) is 65.2 cm³/mol. The summed E-state index contributed by atoms with van der Waals surface area (Å²) in [6, 6.07) is 8.50. The first-order chi connectivity index (χ1) is 7.07. The SMILES string of the molecule is CC[C@@H](O)c1ccccc1N(C)C(C)C. The molecule has 0 amide bonds. The Morgan fingerprint density at radius 3 is 2.40 bits per heavy atom. The van der Waals surface area contributed by atoms with E-state index < -0.39 is 0 Å². The number of benzene rings is 1. The molecule has 0 bridgehead atoms. The normalized spacial score (nSPS) is 12.9. The summed E-state index contributed by atoms with van der Waals surface area (Å²) in [6.45, 7) is 6.29. The summed E-state index contributed by atoms with van der Waals surface area (Å²) < 4.78 is 0. The number of anilines is 1. The van der Waals surface area contributed by atoms with Gasteiger partial charge < -0.3 is 10.0 Å². The van der Waals surface area contributed by atoms with Crippen LogP contribution in [0.25, 0.3) is 0 Å². The molecule has 2 heteroatoms. The van der Waals surface area contributed by atoms with Gasteiger partial charge >= 0.3 is 0 Å². The van der Waals surface area contributed by atoms with Crippen LogP contribution in [0.4, 0.5) is 5.69 Å². The number of para-hydroxylation sites is 1. The minimum atomic E-state index is -0.359. The van der Waals surface area contributed by atoms with E-state index in [-0.39, 0.29) is 6.10 Å². The maximum atomic E-state index is 9.91. The largest absolute Gasteiger partial charge is 0.388 e. The van der Waals surface area contributed by atoms with E-state index in [1.165, 1.54) is 0 Å². The highest BCUT2D eigenvalue weighted by atomic mass is 16.3. The van der Waals surface area contributed by atoms with E-state index in [1.54, 1.807) is 0 Å². The molecule has 1 N–H and O–H groups in total. The molecule has 2 nitrogen and oxygen atoms in total. The Labute approximate surface area is 92.5 Å². The maximum absolute atomic E-state index is 9.91. The van der Waals surface area contributed by atoms with Crippen LogP contribution in [0.2, 0.25) is 0 Å². The first-order valence-electron chi connectivity index (χ1n) is 5.57. The molecule has 0 aliphatic heterocycles. The molecule has 0 radical (unpaired) electrons. The Hall–Kier alpha value is -1.02. The molecule has 15 heavy (non-hydrogen) atoms. The fourth-order valence-corrected chi connectivity index (χ4v) is 1.59. The zero-order chi connectivity index (χ0) is 11.4. The molecule has 1 rings (SSSR count). The Morgan fingerprint density at radius 2 is 1.87 bits per heavy atom. The van der Waals surface area contributed by atoms with Gasteiger partial charge in [-0.25, -0.2) is 0 Å². The van der Waals surface area contributed by atoms with Gasteiger partial charge in [-0.3, -0.25) is 0 Å². The smallest absolute Gasteiger partial charge is 0.0807 e. The highest BCUT2D eigenvalue weighted by Crippen LogP contribution is 2.28. The summed E-state index contributed by atoms with van der Waals surface area (Å²) in [5.74, 6) is 0. The Morgan fingerprint density at radius 1 is 1.27 bits per heavy atom. The van der Waals surface area contributed by atoms with E-state index in [0.717, 1.165) is 17.7 Å². The Balaban J connectivity index is 3.06. The molecule has 0 aromatic heterocycles. The van der Waals surface area contributed by atoms with Crippen molar-refractivity contribution in [2.24, 2.45) is 0 Å². The number of hydrogen-bond acceptors (Lipinski definition) is 2. The van der Waals surface area contributed by atoms with Crippen LogP contribution in [0.15, 0.2) is 24.3 Å². The summed E-state index contributed by atoms with van der Waals surface area (Å²) in [4.78, 5) is 2.19. The highest BCUT2D eigenvalue weighted by Gasteiger charge is 2.14. The fourth-order valence-electron chi connectivity index (χ4n) is 1.59. The second kappa shape index (κ2) is 5.17. The minimum Gasteiger partial charge on any atom is -0.388 e. The summed E-state index contributed by atoms with van der Waals surface area (Å²) in [5.41, 5.74) is 2.15. The van der Waals surface area contributed by atoms with Crippen LogP contribution in [0.1, 0.15) is 38.9 Å². The van der Waals surface area contributed by atoms with Crippen molar-refractivity contribution in [3.05, 3.63) is 29.8 Å². The lowest BCUT2D eigenvalue weighted by molar-refractivity contribution is 0.174. The van der Waals surface area contributed by atoms with E-state index >= 15 is 0 Å². The van der Waals surface area contributed by atoms with Gasteiger partial charge in [-0.15, -0.1) is 0 Å². The standard InChI is InChI=1S/C13H21NO/c1-5-13(15)11-8-6-7-9-12(11)14(4)10(2)3/h6-10,13,15H,5H2,1-4H3/t13-/m1/s1. The zero-order valence-electron chi connectivity index (χ0n) is 10.1. The summed E-state index contributed by atoms with van der Waals surface area (Å²) in [7, 11) is 2.06. The zero-order valence-corrected chi connectivity index (χ0v) is 10.1. The van der Waals surface area contributed by atoms with Crippen LogP contribution in [0.3, 0.4) is 0 Å². The van der Waals surface area contributed by atoms with Crippen molar-refractivity contribution in [2.75, 3.05) is 11.9 Å². The van der Waals surface area contributed by atoms with Crippen molar-refractivity contribution in [2.45, 2.75) is 39.3 Å². The lowest BCUT2D eigenvalue weighted by Gasteiger charge is -2.27. The molecule has 0 saturated heterocycles. The second-order valence-electron chi connectivity index (χ2n) is 4.19. The molecule has 0 saturated carbocycles. The third-order valence-corrected chi connectivity index (χ3v) is 2.84. The summed E-state index contributed by atoms with van der Waals surface area (Å²) in [6.07, 6.45) is 0.394. The third kappa shape index (κ3) is 2.72. The number of nitrogens with zero attached hydrogens (tertiary/aromatic N) is 1. The molecule has 1 atom stereocenters. The number of hydrogen-bond donors (Lipinski definition) is 1. The first-order valence-corrected chi connectivity index (χ1v) is 5.57. The monoisotopic (exact) mass is 207 g/mol. The van der Waals surface area contributed by atoms with Crippen LogP contribution >= 0.6 is 0 Å². The molecule has 0 aliphatic rings. The van der Waals surface area contributed by atoms with Crippen molar-refractivity contribution in [1.82, 2.24) is 0 Å². The molecule has 0 aliphatic carbocycles. The van der Waals surface area contributed by atoms with E-state index in [4.69, 9.17) is 0 Å². The minimum absolute atomic E-state index is 0.359. The summed E-state index contributed by atoms with van der Waals surface area (Å²) >= 11 is 0. The van der Waals surface area contributed by atoms with Crippen molar-refractivity contribution in [3.63, 3.8) is 0 Å². The number of aliphatic hydroxyl groups excluding tert-OH is 1. The van der Waals surface area contributed by atoms with Crippen LogP contribution < -0.4 is 4.90 Å². The van der Waals surface area contributed by atoms with Crippen molar-refractivity contribution < 1.29 is 5.11 Å². The molecule has 0 unspecified atom stereocenters. The van der Waals surface area contributed by atoms with Crippen molar-refractivity contribution in [1.29, 1.82) is 0 Å². The first kappa shape index (κ1) is 12.1. The van der Waals surface area contributed by atoms with E-state index in [2.05, 4.69) is 31.9 Å². The van der Waals surface area contributed by atoms with Crippen molar-refractivity contribution in [3.8, 4) is 0 Å². The van der Waals surface area contributed by atoms with Crippen LogP contribution in [0, 0.1) is 0 Å². The van der Waals surface area contributed by atoms with Gasteiger partial charge in [0.2, 0.25) is 0 Å². The van der Waals surface area contributed by atoms with Gasteiger partial charge in [-0.2, -0.15) is 0 Å². The van der Waals surface area contributed by atoms with Gasteiger partial charge in [0.05, 0.1) is 6.10 Å². The summed E-state index contributed by atoms with van der Waals surface area (Å²) in [5, 5.41) is 9.91. The topological polar surface area (TPSA) is 23.5 Å².